The van der Waals surface area contributed by atoms with Gasteiger partial charge in [-0.3, -0.25) is 9.78 Å². The van der Waals surface area contributed by atoms with Crippen molar-refractivity contribution in [2.75, 3.05) is 13.7 Å². The molecule has 26 heavy (non-hydrogen) atoms. The van der Waals surface area contributed by atoms with Crippen LogP contribution in [-0.4, -0.2) is 36.6 Å². The van der Waals surface area contributed by atoms with Gasteiger partial charge in [0.15, 0.2) is 0 Å². The number of pyridine rings is 1. The van der Waals surface area contributed by atoms with Gasteiger partial charge in [-0.2, -0.15) is 0 Å². The Morgan fingerprint density at radius 2 is 1.92 bits per heavy atom. The van der Waals surface area contributed by atoms with Crippen LogP contribution in [0.25, 0.3) is 11.1 Å². The molecule has 1 aliphatic heterocycles. The van der Waals surface area contributed by atoms with Gasteiger partial charge in [0.2, 0.25) is 0 Å². The van der Waals surface area contributed by atoms with Crippen LogP contribution in [0.5, 0.6) is 5.75 Å². The van der Waals surface area contributed by atoms with E-state index < -0.39 is 0 Å². The number of benzene rings is 1. The number of ether oxygens (including phenoxy) is 1. The summed E-state index contributed by atoms with van der Waals surface area (Å²) in [7, 11) is 1.64. The lowest BCUT2D eigenvalue weighted by molar-refractivity contribution is 0.0925. The molecule has 0 radical (unpaired) electrons. The van der Waals surface area contributed by atoms with E-state index in [1.807, 2.05) is 30.3 Å². The number of carbonyl (C=O) groups is 1. The first-order valence-electron chi connectivity index (χ1n) is 8.29. The summed E-state index contributed by atoms with van der Waals surface area (Å²) in [5, 5.41) is 6.51. The van der Waals surface area contributed by atoms with Crippen LogP contribution in [0.15, 0.2) is 42.7 Å². The Labute approximate surface area is 166 Å². The van der Waals surface area contributed by atoms with Crippen molar-refractivity contribution in [2.45, 2.75) is 31.8 Å². The molecule has 3 rings (SSSR count). The second-order valence-electron chi connectivity index (χ2n) is 6.24. The standard InChI is InChI=1S/C19H23N3O2.2ClH/c1-13-9-17(7-8-21-13)22-19(23)16-10-15(11-20-12-16)14-3-5-18(24-2)6-4-14;;/h3-6,10-13,17,21H,7-9H2,1-2H3,(H,22,23);2*1H. The van der Waals surface area contributed by atoms with Gasteiger partial charge in [0.25, 0.3) is 5.91 Å². The van der Waals surface area contributed by atoms with Gasteiger partial charge in [-0.15, -0.1) is 24.8 Å². The molecule has 7 heteroatoms. The minimum atomic E-state index is -0.0584. The van der Waals surface area contributed by atoms with Gasteiger partial charge in [-0.25, -0.2) is 0 Å². The number of amides is 1. The van der Waals surface area contributed by atoms with E-state index in [1.165, 1.54) is 0 Å². The maximum Gasteiger partial charge on any atom is 0.253 e. The Morgan fingerprint density at radius 1 is 1.19 bits per heavy atom. The average molecular weight is 398 g/mol. The fourth-order valence-electron chi connectivity index (χ4n) is 3.04. The third-order valence-corrected chi connectivity index (χ3v) is 4.38. The number of nitrogens with zero attached hydrogens (tertiary/aromatic N) is 1. The van der Waals surface area contributed by atoms with Crippen molar-refractivity contribution < 1.29 is 9.53 Å². The number of halogens is 2. The van der Waals surface area contributed by atoms with Crippen LogP contribution in [0.4, 0.5) is 0 Å². The number of aromatic nitrogens is 1. The Balaban J connectivity index is 0.00000169. The highest BCUT2D eigenvalue weighted by molar-refractivity contribution is 5.95. The Morgan fingerprint density at radius 3 is 2.58 bits per heavy atom. The topological polar surface area (TPSA) is 63.2 Å². The van der Waals surface area contributed by atoms with Crippen molar-refractivity contribution in [1.29, 1.82) is 0 Å². The molecule has 2 aromatic rings. The van der Waals surface area contributed by atoms with E-state index in [2.05, 4.69) is 22.5 Å². The Hall–Kier alpha value is -1.82. The van der Waals surface area contributed by atoms with E-state index >= 15 is 0 Å². The quantitative estimate of drug-likeness (QED) is 0.828. The van der Waals surface area contributed by atoms with Crippen molar-refractivity contribution in [3.63, 3.8) is 0 Å². The number of rotatable bonds is 4. The molecular formula is C19H25Cl2N3O2. The van der Waals surface area contributed by atoms with Crippen molar-refractivity contribution in [3.05, 3.63) is 48.3 Å². The summed E-state index contributed by atoms with van der Waals surface area (Å²) in [5.74, 6) is 0.748. The molecule has 0 saturated carbocycles. The molecule has 1 saturated heterocycles. The van der Waals surface area contributed by atoms with Crippen LogP contribution in [-0.2, 0) is 0 Å². The van der Waals surface area contributed by atoms with Crippen molar-refractivity contribution in [2.24, 2.45) is 0 Å². The highest BCUT2D eigenvalue weighted by Crippen LogP contribution is 2.22. The van der Waals surface area contributed by atoms with Crippen LogP contribution in [0.3, 0.4) is 0 Å². The summed E-state index contributed by atoms with van der Waals surface area (Å²) >= 11 is 0. The summed E-state index contributed by atoms with van der Waals surface area (Å²) < 4.78 is 5.18. The summed E-state index contributed by atoms with van der Waals surface area (Å²) in [6.45, 7) is 3.08. The summed E-state index contributed by atoms with van der Waals surface area (Å²) in [4.78, 5) is 16.7. The first-order valence-corrected chi connectivity index (χ1v) is 8.29. The summed E-state index contributed by atoms with van der Waals surface area (Å²) in [6, 6.07) is 10.3. The number of nitrogens with one attached hydrogen (secondary N) is 2. The minimum Gasteiger partial charge on any atom is -0.497 e. The van der Waals surface area contributed by atoms with E-state index in [0.29, 0.717) is 11.6 Å². The van der Waals surface area contributed by atoms with E-state index in [4.69, 9.17) is 4.74 Å². The van der Waals surface area contributed by atoms with Gasteiger partial charge in [0.05, 0.1) is 12.7 Å². The maximum atomic E-state index is 12.5. The zero-order valence-corrected chi connectivity index (χ0v) is 16.5. The average Bonchev–Trinajstić information content (AvgIpc) is 2.62. The molecule has 2 unspecified atom stereocenters. The molecule has 1 fully saturated rings. The van der Waals surface area contributed by atoms with Crippen molar-refractivity contribution in [3.8, 4) is 16.9 Å². The van der Waals surface area contributed by atoms with Crippen LogP contribution < -0.4 is 15.4 Å². The molecule has 0 spiro atoms. The number of methoxy groups -OCH3 is 1. The van der Waals surface area contributed by atoms with Gasteiger partial charge >= 0.3 is 0 Å². The predicted molar refractivity (Wildman–Crippen MR) is 109 cm³/mol. The molecule has 1 aromatic heterocycles. The van der Waals surface area contributed by atoms with Crippen LogP contribution in [0, 0.1) is 0 Å². The molecule has 142 valence electrons. The largest absolute Gasteiger partial charge is 0.497 e. The number of piperidine rings is 1. The molecule has 5 nitrogen and oxygen atoms in total. The number of carbonyl (C=O) groups excluding carboxylic acids is 1. The van der Waals surface area contributed by atoms with Gasteiger partial charge in [0.1, 0.15) is 5.75 Å². The zero-order chi connectivity index (χ0) is 16.9. The first-order chi connectivity index (χ1) is 11.7. The van der Waals surface area contributed by atoms with Gasteiger partial charge in [-0.1, -0.05) is 12.1 Å². The predicted octanol–water partition coefficient (Wildman–Crippen LogP) is 3.47. The fourth-order valence-corrected chi connectivity index (χ4v) is 3.04. The normalized spacial score (nSPS) is 18.8. The van der Waals surface area contributed by atoms with Gasteiger partial charge < -0.3 is 15.4 Å². The lowest BCUT2D eigenvalue weighted by atomic mass is 10.00. The number of hydrogen-bond acceptors (Lipinski definition) is 4. The summed E-state index contributed by atoms with van der Waals surface area (Å²) in [5.41, 5.74) is 2.52. The molecule has 0 aliphatic carbocycles. The van der Waals surface area contributed by atoms with Gasteiger partial charge in [-0.05, 0) is 50.1 Å². The second kappa shape index (κ2) is 10.4. The van der Waals surface area contributed by atoms with Crippen LogP contribution >= 0.6 is 24.8 Å². The molecule has 1 amide bonds. The second-order valence-corrected chi connectivity index (χ2v) is 6.24. The molecular weight excluding hydrogens is 373 g/mol. The zero-order valence-electron chi connectivity index (χ0n) is 14.9. The molecule has 1 aromatic carbocycles. The smallest absolute Gasteiger partial charge is 0.253 e. The lowest BCUT2D eigenvalue weighted by Crippen LogP contribution is -2.46. The molecule has 1 aliphatic rings. The SMILES string of the molecule is COc1ccc(-c2cncc(C(=O)NC3CCNC(C)C3)c2)cc1.Cl.Cl. The van der Waals surface area contributed by atoms with E-state index in [-0.39, 0.29) is 36.8 Å². The Bertz CT molecular complexity index is 710. The minimum absolute atomic E-state index is 0. The third kappa shape index (κ3) is 5.59. The maximum absolute atomic E-state index is 12.5. The van der Waals surface area contributed by atoms with Crippen LogP contribution in [0.1, 0.15) is 30.1 Å². The Kier molecular flexibility index (Phi) is 8.85. The van der Waals surface area contributed by atoms with E-state index in [9.17, 15) is 4.79 Å². The molecule has 0 bridgehead atoms. The highest BCUT2D eigenvalue weighted by Gasteiger charge is 2.20. The summed E-state index contributed by atoms with van der Waals surface area (Å²) in [6.07, 6.45) is 5.30. The van der Waals surface area contributed by atoms with Crippen LogP contribution in [0.2, 0.25) is 0 Å². The first kappa shape index (κ1) is 22.2. The van der Waals surface area contributed by atoms with Crippen molar-refractivity contribution >= 4 is 30.7 Å². The highest BCUT2D eigenvalue weighted by atomic mass is 35.5. The fraction of sp³-hybridized carbons (Fsp3) is 0.368. The molecule has 2 atom stereocenters. The van der Waals surface area contributed by atoms with E-state index in [1.54, 1.807) is 19.5 Å². The lowest BCUT2D eigenvalue weighted by Gasteiger charge is -2.28. The van der Waals surface area contributed by atoms with Crippen molar-refractivity contribution in [1.82, 2.24) is 15.6 Å². The number of hydrogen-bond donors (Lipinski definition) is 2. The molecule has 2 N–H and O–H groups in total. The monoisotopic (exact) mass is 397 g/mol. The van der Waals surface area contributed by atoms with E-state index in [0.717, 1.165) is 36.3 Å². The molecule has 2 heterocycles. The van der Waals surface area contributed by atoms with Gasteiger partial charge in [0, 0.05) is 30.0 Å². The third-order valence-electron chi connectivity index (χ3n) is 4.38.